The molecule has 110 valence electrons. The molecule has 1 aliphatic heterocycles. The van der Waals surface area contributed by atoms with Crippen LogP contribution >= 0.6 is 0 Å². The molecule has 0 saturated carbocycles. The lowest BCUT2D eigenvalue weighted by Gasteiger charge is -2.31. The van der Waals surface area contributed by atoms with E-state index in [-0.39, 0.29) is 11.6 Å². The molecule has 2 rings (SSSR count). The number of likely N-dealkylation sites (tertiary alicyclic amines) is 1. The highest BCUT2D eigenvalue weighted by Crippen LogP contribution is 2.21. The highest BCUT2D eigenvalue weighted by atomic mass is 19.1. The molecule has 1 aromatic carbocycles. The molecular weight excluding hydrogens is 253 g/mol. The summed E-state index contributed by atoms with van der Waals surface area (Å²) in [5, 5.41) is 0. The Morgan fingerprint density at radius 1 is 1.25 bits per heavy atom. The molecule has 20 heavy (non-hydrogen) atoms. The zero-order valence-corrected chi connectivity index (χ0v) is 12.3. The van der Waals surface area contributed by atoms with Crippen molar-refractivity contribution in [3.63, 3.8) is 0 Å². The summed E-state index contributed by atoms with van der Waals surface area (Å²) in [6.45, 7) is 4.86. The van der Waals surface area contributed by atoms with Crippen LogP contribution in [-0.2, 0) is 11.2 Å². The van der Waals surface area contributed by atoms with Crippen molar-refractivity contribution in [2.45, 2.75) is 39.0 Å². The first kappa shape index (κ1) is 15.2. The average molecular weight is 277 g/mol. The maximum atomic E-state index is 12.8. The van der Waals surface area contributed by atoms with Crippen LogP contribution in [0.5, 0.6) is 0 Å². The predicted octanol–water partition coefficient (Wildman–Crippen LogP) is 3.45. The Bertz CT molecular complexity index is 421. The maximum Gasteiger partial charge on any atom is 0.151 e. The van der Waals surface area contributed by atoms with E-state index in [9.17, 15) is 9.18 Å². The number of ketones is 1. The van der Waals surface area contributed by atoms with Crippen LogP contribution < -0.4 is 0 Å². The van der Waals surface area contributed by atoms with Gasteiger partial charge >= 0.3 is 0 Å². The summed E-state index contributed by atoms with van der Waals surface area (Å²) in [5.74, 6) is 0.827. The second-order valence-electron chi connectivity index (χ2n) is 5.85. The summed E-state index contributed by atoms with van der Waals surface area (Å²) in [4.78, 5) is 14.3. The largest absolute Gasteiger partial charge is 0.298 e. The van der Waals surface area contributed by atoms with Crippen molar-refractivity contribution in [2.24, 2.45) is 5.92 Å². The molecule has 0 spiro atoms. The Kier molecular flexibility index (Phi) is 5.72. The van der Waals surface area contributed by atoms with E-state index >= 15 is 0 Å². The smallest absolute Gasteiger partial charge is 0.151 e. The number of hydrogen-bond acceptors (Lipinski definition) is 2. The van der Waals surface area contributed by atoms with Crippen molar-refractivity contribution in [3.8, 4) is 0 Å². The molecule has 0 atom stereocenters. The summed E-state index contributed by atoms with van der Waals surface area (Å²) >= 11 is 0. The Morgan fingerprint density at radius 3 is 2.50 bits per heavy atom. The number of Topliss-reactive ketones (excluding diaryl/α,β-unsaturated/α-hetero) is 1. The fourth-order valence-corrected chi connectivity index (χ4v) is 2.98. The van der Waals surface area contributed by atoms with Crippen molar-refractivity contribution in [1.29, 1.82) is 0 Å². The number of piperidine rings is 1. The van der Waals surface area contributed by atoms with Crippen LogP contribution in [0.25, 0.3) is 0 Å². The van der Waals surface area contributed by atoms with Gasteiger partial charge in [0.15, 0.2) is 5.78 Å². The molecule has 0 aliphatic carbocycles. The first-order valence-electron chi connectivity index (χ1n) is 7.66. The quantitative estimate of drug-likeness (QED) is 0.794. The van der Waals surface area contributed by atoms with E-state index in [1.165, 1.54) is 37.8 Å². The lowest BCUT2D eigenvalue weighted by Crippen LogP contribution is -2.37. The molecule has 0 bridgehead atoms. The number of benzene rings is 1. The van der Waals surface area contributed by atoms with E-state index in [2.05, 4.69) is 11.8 Å². The zero-order valence-electron chi connectivity index (χ0n) is 12.3. The summed E-state index contributed by atoms with van der Waals surface area (Å²) in [6.07, 6.45) is 5.43. The highest BCUT2D eigenvalue weighted by Gasteiger charge is 2.20. The van der Waals surface area contributed by atoms with E-state index in [4.69, 9.17) is 0 Å². The minimum Gasteiger partial charge on any atom is -0.298 e. The van der Waals surface area contributed by atoms with E-state index < -0.39 is 0 Å². The Hall–Kier alpha value is -1.22. The van der Waals surface area contributed by atoms with Gasteiger partial charge in [-0.2, -0.15) is 0 Å². The number of nitrogens with zero attached hydrogens (tertiary/aromatic N) is 1. The molecule has 1 fully saturated rings. The molecule has 0 radical (unpaired) electrons. The van der Waals surface area contributed by atoms with Crippen LogP contribution in [0, 0.1) is 11.7 Å². The standard InChI is InChI=1S/C17H24FNO/c1-2-3-14-8-10-19(11-9-14)13-17(20)12-15-4-6-16(18)7-5-15/h4-7,14H,2-3,8-13H2,1H3. The van der Waals surface area contributed by atoms with Crippen LogP contribution in [0.15, 0.2) is 24.3 Å². The monoisotopic (exact) mass is 277 g/mol. The summed E-state index contributed by atoms with van der Waals surface area (Å²) < 4.78 is 12.8. The van der Waals surface area contributed by atoms with Crippen LogP contribution in [0.3, 0.4) is 0 Å². The van der Waals surface area contributed by atoms with Crippen molar-refractivity contribution < 1.29 is 9.18 Å². The SMILES string of the molecule is CCCC1CCN(CC(=O)Cc2ccc(F)cc2)CC1. The highest BCUT2D eigenvalue weighted by molar-refractivity contribution is 5.82. The van der Waals surface area contributed by atoms with Crippen molar-refractivity contribution in [1.82, 2.24) is 4.90 Å². The van der Waals surface area contributed by atoms with Gasteiger partial charge in [-0.3, -0.25) is 9.69 Å². The van der Waals surface area contributed by atoms with Crippen molar-refractivity contribution in [3.05, 3.63) is 35.6 Å². The van der Waals surface area contributed by atoms with Gasteiger partial charge in [-0.05, 0) is 49.5 Å². The molecule has 1 aromatic rings. The molecular formula is C17H24FNO. The molecule has 1 heterocycles. The minimum atomic E-state index is -0.251. The fourth-order valence-electron chi connectivity index (χ4n) is 2.98. The second-order valence-corrected chi connectivity index (χ2v) is 5.85. The Morgan fingerprint density at radius 2 is 1.90 bits per heavy atom. The average Bonchev–Trinajstić information content (AvgIpc) is 2.44. The molecule has 0 unspecified atom stereocenters. The van der Waals surface area contributed by atoms with Crippen molar-refractivity contribution in [2.75, 3.05) is 19.6 Å². The van der Waals surface area contributed by atoms with Gasteiger partial charge in [-0.15, -0.1) is 0 Å². The summed E-state index contributed by atoms with van der Waals surface area (Å²) in [7, 11) is 0. The lowest BCUT2D eigenvalue weighted by atomic mass is 9.92. The summed E-state index contributed by atoms with van der Waals surface area (Å²) in [6, 6.07) is 6.22. The first-order valence-corrected chi connectivity index (χ1v) is 7.66. The lowest BCUT2D eigenvalue weighted by molar-refractivity contribution is -0.119. The summed E-state index contributed by atoms with van der Waals surface area (Å²) in [5.41, 5.74) is 0.900. The Labute approximate surface area is 121 Å². The van der Waals surface area contributed by atoms with E-state index in [0.29, 0.717) is 13.0 Å². The topological polar surface area (TPSA) is 20.3 Å². The molecule has 1 saturated heterocycles. The molecule has 2 nitrogen and oxygen atoms in total. The second kappa shape index (κ2) is 7.53. The van der Waals surface area contributed by atoms with E-state index in [1.54, 1.807) is 12.1 Å². The van der Waals surface area contributed by atoms with Gasteiger partial charge in [0, 0.05) is 6.42 Å². The Balaban J connectivity index is 1.74. The number of carbonyl (C=O) groups is 1. The number of rotatable bonds is 6. The van der Waals surface area contributed by atoms with Gasteiger partial charge in [0.05, 0.1) is 6.54 Å². The normalized spacial score (nSPS) is 17.3. The van der Waals surface area contributed by atoms with Crippen LogP contribution in [0.2, 0.25) is 0 Å². The minimum absolute atomic E-state index is 0.227. The number of carbonyl (C=O) groups excluding carboxylic acids is 1. The third-order valence-corrected chi connectivity index (χ3v) is 4.12. The predicted molar refractivity (Wildman–Crippen MR) is 79.2 cm³/mol. The number of halogens is 1. The fraction of sp³-hybridized carbons (Fsp3) is 0.588. The van der Waals surface area contributed by atoms with Gasteiger partial charge in [0.2, 0.25) is 0 Å². The van der Waals surface area contributed by atoms with Gasteiger partial charge < -0.3 is 0 Å². The molecule has 3 heteroatoms. The number of hydrogen-bond donors (Lipinski definition) is 0. The van der Waals surface area contributed by atoms with Gasteiger partial charge in [-0.25, -0.2) is 4.39 Å². The van der Waals surface area contributed by atoms with Gasteiger partial charge in [0.1, 0.15) is 5.82 Å². The molecule has 1 aliphatic rings. The first-order chi connectivity index (χ1) is 9.67. The van der Waals surface area contributed by atoms with Crippen molar-refractivity contribution >= 4 is 5.78 Å². The van der Waals surface area contributed by atoms with E-state index in [1.807, 2.05) is 0 Å². The molecule has 0 amide bonds. The van der Waals surface area contributed by atoms with E-state index in [0.717, 1.165) is 24.6 Å². The maximum absolute atomic E-state index is 12.8. The van der Waals surface area contributed by atoms with Gasteiger partial charge in [-0.1, -0.05) is 31.9 Å². The van der Waals surface area contributed by atoms with Gasteiger partial charge in [0.25, 0.3) is 0 Å². The zero-order chi connectivity index (χ0) is 14.4. The van der Waals surface area contributed by atoms with Crippen LogP contribution in [0.4, 0.5) is 4.39 Å². The molecule has 0 N–H and O–H groups in total. The third-order valence-electron chi connectivity index (χ3n) is 4.12. The van der Waals surface area contributed by atoms with Crippen LogP contribution in [0.1, 0.15) is 38.2 Å². The van der Waals surface area contributed by atoms with Crippen LogP contribution in [-0.4, -0.2) is 30.3 Å². The third kappa shape index (κ3) is 4.71. The molecule has 0 aromatic heterocycles.